The smallest absolute Gasteiger partial charge is 0.256 e. The zero-order valence-electron chi connectivity index (χ0n) is 17.6. The first-order valence-corrected chi connectivity index (χ1v) is 11.0. The standard InChI is InChI=1S/C22H26ClFN4O3/c1-12-13(2)25-21-20(16-4-3-15(23)7-17(16)24)26-19(9-28(21)22(12)29)27-5-6-31-18(8-27)14-10-30-11-14/h3-4,7,14,18-20,26H,5-6,8-11H2,1-2H3. The molecule has 0 radical (unpaired) electrons. The van der Waals surface area contributed by atoms with Crippen LogP contribution in [0.25, 0.3) is 0 Å². The number of nitrogens with zero attached hydrogens (tertiary/aromatic N) is 3. The molecule has 0 amide bonds. The van der Waals surface area contributed by atoms with Gasteiger partial charge in [0.2, 0.25) is 0 Å². The van der Waals surface area contributed by atoms with Gasteiger partial charge in [-0.1, -0.05) is 17.7 Å². The minimum atomic E-state index is -0.559. The molecule has 0 aliphatic carbocycles. The third-order valence-corrected chi connectivity index (χ3v) is 6.90. The summed E-state index contributed by atoms with van der Waals surface area (Å²) in [4.78, 5) is 20.1. The number of hydrogen-bond acceptors (Lipinski definition) is 6. The van der Waals surface area contributed by atoms with E-state index in [-0.39, 0.29) is 17.8 Å². The lowest BCUT2D eigenvalue weighted by atomic mass is 9.98. The molecule has 3 atom stereocenters. The maximum absolute atomic E-state index is 14.9. The molecular weight excluding hydrogens is 423 g/mol. The molecule has 7 nitrogen and oxygen atoms in total. The number of halogens is 2. The first-order chi connectivity index (χ1) is 14.9. The molecule has 0 saturated carbocycles. The van der Waals surface area contributed by atoms with E-state index in [2.05, 4.69) is 15.2 Å². The number of morpholine rings is 1. The van der Waals surface area contributed by atoms with Crippen molar-refractivity contribution >= 4 is 11.6 Å². The summed E-state index contributed by atoms with van der Waals surface area (Å²) < 4.78 is 27.9. The van der Waals surface area contributed by atoms with Crippen molar-refractivity contribution in [3.05, 3.63) is 62.0 Å². The second kappa shape index (κ2) is 8.26. The molecular formula is C22H26ClFN4O3. The van der Waals surface area contributed by atoms with Crippen LogP contribution in [-0.2, 0) is 16.0 Å². The third kappa shape index (κ3) is 3.81. The van der Waals surface area contributed by atoms with E-state index in [1.807, 2.05) is 6.92 Å². The summed E-state index contributed by atoms with van der Waals surface area (Å²) >= 11 is 5.98. The van der Waals surface area contributed by atoms with E-state index in [0.717, 1.165) is 26.3 Å². The van der Waals surface area contributed by atoms with Crippen LogP contribution >= 0.6 is 11.6 Å². The van der Waals surface area contributed by atoms with E-state index >= 15 is 0 Å². The number of hydrogen-bond donors (Lipinski definition) is 1. The molecule has 31 heavy (non-hydrogen) atoms. The number of ether oxygens (including phenoxy) is 2. The molecule has 5 rings (SSSR count). The highest BCUT2D eigenvalue weighted by Crippen LogP contribution is 2.30. The molecule has 3 aliphatic heterocycles. The van der Waals surface area contributed by atoms with Crippen molar-refractivity contribution in [2.24, 2.45) is 5.92 Å². The highest BCUT2D eigenvalue weighted by molar-refractivity contribution is 6.30. The highest BCUT2D eigenvalue weighted by atomic mass is 35.5. The Labute approximate surface area is 185 Å². The van der Waals surface area contributed by atoms with Gasteiger partial charge in [-0.15, -0.1) is 0 Å². The van der Waals surface area contributed by atoms with Gasteiger partial charge in [0.05, 0.1) is 44.7 Å². The van der Waals surface area contributed by atoms with Gasteiger partial charge >= 0.3 is 0 Å². The first kappa shape index (κ1) is 21.0. The van der Waals surface area contributed by atoms with Gasteiger partial charge in [-0.05, 0) is 26.0 Å². The lowest BCUT2D eigenvalue weighted by Crippen LogP contribution is -2.61. The van der Waals surface area contributed by atoms with Gasteiger partial charge in [-0.25, -0.2) is 9.37 Å². The van der Waals surface area contributed by atoms with Crippen molar-refractivity contribution in [3.8, 4) is 0 Å². The molecule has 1 aromatic carbocycles. The van der Waals surface area contributed by atoms with Crippen LogP contribution < -0.4 is 10.9 Å². The minimum absolute atomic E-state index is 0.0782. The second-order valence-corrected chi connectivity index (χ2v) is 9.02. The van der Waals surface area contributed by atoms with E-state index in [9.17, 15) is 9.18 Å². The lowest BCUT2D eigenvalue weighted by molar-refractivity contribution is -0.148. The first-order valence-electron chi connectivity index (χ1n) is 10.6. The van der Waals surface area contributed by atoms with E-state index in [0.29, 0.717) is 46.7 Å². The number of fused-ring (bicyclic) bond motifs is 1. The van der Waals surface area contributed by atoms with Gasteiger partial charge in [0.1, 0.15) is 11.6 Å². The molecule has 0 spiro atoms. The predicted octanol–water partition coefficient (Wildman–Crippen LogP) is 2.02. The van der Waals surface area contributed by atoms with E-state index in [1.165, 1.54) is 6.07 Å². The molecule has 2 fully saturated rings. The molecule has 9 heteroatoms. The molecule has 4 heterocycles. The van der Waals surface area contributed by atoms with Gasteiger partial charge in [-0.2, -0.15) is 0 Å². The summed E-state index contributed by atoms with van der Waals surface area (Å²) in [5, 5.41) is 3.89. The Bertz CT molecular complexity index is 1060. The van der Waals surface area contributed by atoms with Crippen molar-refractivity contribution in [2.75, 3.05) is 32.9 Å². The van der Waals surface area contributed by atoms with Crippen LogP contribution in [0.15, 0.2) is 23.0 Å². The highest BCUT2D eigenvalue weighted by Gasteiger charge is 2.39. The van der Waals surface area contributed by atoms with Crippen LogP contribution in [-0.4, -0.2) is 59.6 Å². The Morgan fingerprint density at radius 1 is 1.26 bits per heavy atom. The summed E-state index contributed by atoms with van der Waals surface area (Å²) in [5.74, 6) is 0.511. The largest absolute Gasteiger partial charge is 0.380 e. The van der Waals surface area contributed by atoms with Crippen LogP contribution in [0, 0.1) is 25.6 Å². The van der Waals surface area contributed by atoms with E-state index in [1.54, 1.807) is 23.6 Å². The van der Waals surface area contributed by atoms with Gasteiger partial charge < -0.3 is 9.47 Å². The lowest BCUT2D eigenvalue weighted by Gasteiger charge is -2.45. The Balaban J connectivity index is 1.52. The number of aryl methyl sites for hydroxylation is 1. The van der Waals surface area contributed by atoms with E-state index in [4.69, 9.17) is 21.1 Å². The Kier molecular flexibility index (Phi) is 5.60. The zero-order valence-corrected chi connectivity index (χ0v) is 18.4. The SMILES string of the molecule is Cc1nc2n(c(=O)c1C)CC(N1CCOC(C3COC3)C1)NC2c1ccc(Cl)cc1F. The zero-order chi connectivity index (χ0) is 21.7. The van der Waals surface area contributed by atoms with Crippen molar-refractivity contribution in [1.82, 2.24) is 19.8 Å². The maximum Gasteiger partial charge on any atom is 0.256 e. The molecule has 1 aromatic heterocycles. The van der Waals surface area contributed by atoms with Gasteiger partial charge in [0, 0.05) is 40.9 Å². The number of nitrogens with one attached hydrogen (secondary N) is 1. The molecule has 2 saturated heterocycles. The summed E-state index contributed by atoms with van der Waals surface area (Å²) in [7, 11) is 0. The van der Waals surface area contributed by atoms with Gasteiger partial charge in [0.25, 0.3) is 5.56 Å². The summed E-state index contributed by atoms with van der Waals surface area (Å²) in [6.07, 6.45) is -0.0485. The van der Waals surface area contributed by atoms with Crippen molar-refractivity contribution in [3.63, 3.8) is 0 Å². The van der Waals surface area contributed by atoms with E-state index < -0.39 is 11.9 Å². The quantitative estimate of drug-likeness (QED) is 0.774. The molecule has 0 bridgehead atoms. The average Bonchev–Trinajstić information content (AvgIpc) is 2.71. The topological polar surface area (TPSA) is 68.6 Å². The van der Waals surface area contributed by atoms with Gasteiger partial charge in [-0.3, -0.25) is 19.6 Å². The fraction of sp³-hybridized carbons (Fsp3) is 0.545. The summed E-state index contributed by atoms with van der Waals surface area (Å²) in [6.45, 7) is 7.58. The molecule has 2 aromatic rings. The third-order valence-electron chi connectivity index (χ3n) is 6.67. The Morgan fingerprint density at radius 2 is 2.06 bits per heavy atom. The number of benzene rings is 1. The molecule has 3 aliphatic rings. The minimum Gasteiger partial charge on any atom is -0.380 e. The fourth-order valence-corrected chi connectivity index (χ4v) is 4.74. The monoisotopic (exact) mass is 448 g/mol. The average molecular weight is 449 g/mol. The Morgan fingerprint density at radius 3 is 2.77 bits per heavy atom. The maximum atomic E-state index is 14.9. The van der Waals surface area contributed by atoms with Crippen molar-refractivity contribution in [1.29, 1.82) is 0 Å². The number of aromatic nitrogens is 2. The van der Waals surface area contributed by atoms with Crippen molar-refractivity contribution in [2.45, 2.75) is 38.7 Å². The second-order valence-electron chi connectivity index (χ2n) is 8.58. The number of rotatable bonds is 3. The van der Waals surface area contributed by atoms with Crippen LogP contribution in [0.5, 0.6) is 0 Å². The van der Waals surface area contributed by atoms with Crippen LogP contribution in [0.3, 0.4) is 0 Å². The summed E-state index contributed by atoms with van der Waals surface area (Å²) in [6, 6.07) is 4.07. The normalized spacial score (nSPS) is 27.0. The van der Waals surface area contributed by atoms with Crippen LogP contribution in [0.4, 0.5) is 4.39 Å². The fourth-order valence-electron chi connectivity index (χ4n) is 4.59. The van der Waals surface area contributed by atoms with Crippen LogP contribution in [0.2, 0.25) is 5.02 Å². The van der Waals surface area contributed by atoms with Crippen LogP contribution in [0.1, 0.15) is 28.7 Å². The molecule has 3 unspecified atom stereocenters. The Hall–Kier alpha value is -1.84. The predicted molar refractivity (Wildman–Crippen MR) is 114 cm³/mol. The molecule has 166 valence electrons. The van der Waals surface area contributed by atoms with Gasteiger partial charge in [0.15, 0.2) is 0 Å². The van der Waals surface area contributed by atoms with Crippen molar-refractivity contribution < 1.29 is 13.9 Å². The molecule has 1 N–H and O–H groups in total. The summed E-state index contributed by atoms with van der Waals surface area (Å²) in [5.41, 5.74) is 1.62.